The summed E-state index contributed by atoms with van der Waals surface area (Å²) in [6, 6.07) is 3.49. The largest absolute Gasteiger partial charge is 0.495 e. The summed E-state index contributed by atoms with van der Waals surface area (Å²) in [7, 11) is -2.40. The van der Waals surface area contributed by atoms with Crippen LogP contribution in [0.5, 0.6) is 5.75 Å². The third-order valence-electron chi connectivity index (χ3n) is 3.71. The molecule has 1 fully saturated rings. The lowest BCUT2D eigenvalue weighted by atomic mass is 10.0. The maximum absolute atomic E-state index is 13.4. The summed E-state index contributed by atoms with van der Waals surface area (Å²) in [6.07, 6.45) is 3.53. The van der Waals surface area contributed by atoms with Crippen molar-refractivity contribution in [1.29, 1.82) is 0 Å². The van der Waals surface area contributed by atoms with Crippen molar-refractivity contribution < 1.29 is 17.5 Å². The van der Waals surface area contributed by atoms with E-state index in [2.05, 4.69) is 21.0 Å². The van der Waals surface area contributed by atoms with Gasteiger partial charge in [-0.25, -0.2) is 12.8 Å². The summed E-state index contributed by atoms with van der Waals surface area (Å²) in [5.41, 5.74) is 0. The average molecular weight is 404 g/mol. The molecule has 1 aliphatic heterocycles. The molecule has 1 aromatic carbocycles. The number of rotatable bonds is 5. The van der Waals surface area contributed by atoms with Gasteiger partial charge in [-0.1, -0.05) is 0 Å². The maximum atomic E-state index is 13.4. The molecule has 6 nitrogen and oxygen atoms in total. The zero-order valence-electron chi connectivity index (χ0n) is 12.3. The van der Waals surface area contributed by atoms with E-state index in [1.165, 1.54) is 23.5 Å². The topological polar surface area (TPSA) is 64.4 Å². The van der Waals surface area contributed by atoms with Crippen molar-refractivity contribution in [3.05, 3.63) is 40.9 Å². The molecule has 3 rings (SSSR count). The molecule has 2 aromatic rings. The molecule has 0 aliphatic carbocycles. The normalized spacial score (nSPS) is 16.3. The van der Waals surface area contributed by atoms with Crippen molar-refractivity contribution in [2.45, 2.75) is 11.4 Å². The molecular formula is C14H15BrFN3O3S. The molecule has 124 valence electrons. The number of aromatic nitrogens is 2. The van der Waals surface area contributed by atoms with Gasteiger partial charge < -0.3 is 4.74 Å². The fourth-order valence-electron chi connectivity index (χ4n) is 2.53. The van der Waals surface area contributed by atoms with Crippen molar-refractivity contribution in [2.24, 2.45) is 5.92 Å². The Bertz CT molecular complexity index is 818. The smallest absolute Gasteiger partial charge is 0.246 e. The number of benzene rings is 1. The predicted molar refractivity (Wildman–Crippen MR) is 85.1 cm³/mol. The highest BCUT2D eigenvalue weighted by atomic mass is 79.9. The zero-order chi connectivity index (χ0) is 16.6. The molecule has 0 spiro atoms. The lowest BCUT2D eigenvalue weighted by Crippen LogP contribution is -2.51. The second kappa shape index (κ2) is 6.21. The molecule has 1 aromatic heterocycles. The molecule has 1 aliphatic rings. The average Bonchev–Trinajstić information content (AvgIpc) is 2.87. The molecule has 0 amide bonds. The minimum absolute atomic E-state index is 0.139. The standard InChI is InChI=1S/C14H15BrFN3O3S/c1-22-13-3-2-12(16)4-14(13)23(20,21)19-7-10(8-19)6-18-9-11(15)5-17-18/h2-5,9-10H,6-8H2,1H3. The fourth-order valence-corrected chi connectivity index (χ4v) is 4.62. The summed E-state index contributed by atoms with van der Waals surface area (Å²) in [5, 5.41) is 4.15. The molecule has 0 unspecified atom stereocenters. The second-order valence-corrected chi connectivity index (χ2v) is 8.19. The van der Waals surface area contributed by atoms with Crippen LogP contribution in [0.15, 0.2) is 40.0 Å². The van der Waals surface area contributed by atoms with Crippen molar-refractivity contribution in [2.75, 3.05) is 20.2 Å². The maximum Gasteiger partial charge on any atom is 0.246 e. The van der Waals surface area contributed by atoms with Gasteiger partial charge in [0, 0.05) is 31.7 Å². The Kier molecular flexibility index (Phi) is 4.43. The first-order chi connectivity index (χ1) is 10.9. The molecule has 0 atom stereocenters. The van der Waals surface area contributed by atoms with Crippen molar-refractivity contribution >= 4 is 26.0 Å². The van der Waals surface area contributed by atoms with E-state index in [1.54, 1.807) is 10.9 Å². The van der Waals surface area contributed by atoms with Crippen LogP contribution < -0.4 is 4.74 Å². The number of ether oxygens (including phenoxy) is 1. The van der Waals surface area contributed by atoms with Crippen LogP contribution in [-0.2, 0) is 16.6 Å². The first-order valence-electron chi connectivity index (χ1n) is 6.92. The Morgan fingerprint density at radius 3 is 2.78 bits per heavy atom. The van der Waals surface area contributed by atoms with E-state index in [9.17, 15) is 12.8 Å². The molecular weight excluding hydrogens is 389 g/mol. The lowest BCUT2D eigenvalue weighted by Gasteiger charge is -2.38. The number of hydrogen-bond acceptors (Lipinski definition) is 4. The predicted octanol–water partition coefficient (Wildman–Crippen LogP) is 2.11. The summed E-state index contributed by atoms with van der Waals surface area (Å²) in [6.45, 7) is 1.39. The lowest BCUT2D eigenvalue weighted by molar-refractivity contribution is 0.174. The van der Waals surface area contributed by atoms with Gasteiger partial charge >= 0.3 is 0 Å². The van der Waals surface area contributed by atoms with E-state index in [4.69, 9.17) is 4.74 Å². The van der Waals surface area contributed by atoms with Crippen LogP contribution in [0.3, 0.4) is 0 Å². The van der Waals surface area contributed by atoms with Gasteiger partial charge in [0.2, 0.25) is 10.0 Å². The van der Waals surface area contributed by atoms with E-state index >= 15 is 0 Å². The number of nitrogens with zero attached hydrogens (tertiary/aromatic N) is 3. The molecule has 2 heterocycles. The first kappa shape index (κ1) is 16.4. The minimum Gasteiger partial charge on any atom is -0.495 e. The fraction of sp³-hybridized carbons (Fsp3) is 0.357. The Hall–Kier alpha value is -1.45. The highest BCUT2D eigenvalue weighted by molar-refractivity contribution is 9.10. The van der Waals surface area contributed by atoms with E-state index in [0.29, 0.717) is 19.6 Å². The van der Waals surface area contributed by atoms with Crippen LogP contribution in [0.1, 0.15) is 0 Å². The summed E-state index contributed by atoms with van der Waals surface area (Å²) in [5.74, 6) is -0.287. The summed E-state index contributed by atoms with van der Waals surface area (Å²) >= 11 is 3.32. The minimum atomic E-state index is -3.76. The zero-order valence-corrected chi connectivity index (χ0v) is 14.7. The highest BCUT2D eigenvalue weighted by Crippen LogP contribution is 2.32. The van der Waals surface area contributed by atoms with Crippen molar-refractivity contribution in [3.63, 3.8) is 0 Å². The molecule has 1 saturated heterocycles. The van der Waals surface area contributed by atoms with Crippen LogP contribution in [0.4, 0.5) is 4.39 Å². The molecule has 23 heavy (non-hydrogen) atoms. The van der Waals surface area contributed by atoms with Gasteiger partial charge in [0.1, 0.15) is 16.5 Å². The van der Waals surface area contributed by atoms with E-state index < -0.39 is 15.8 Å². The van der Waals surface area contributed by atoms with Gasteiger partial charge in [-0.2, -0.15) is 9.40 Å². The van der Waals surface area contributed by atoms with Crippen LogP contribution in [0, 0.1) is 11.7 Å². The Balaban J connectivity index is 1.72. The Morgan fingerprint density at radius 1 is 1.43 bits per heavy atom. The summed E-state index contributed by atoms with van der Waals surface area (Å²) < 4.78 is 47.6. The Morgan fingerprint density at radius 2 is 2.17 bits per heavy atom. The third-order valence-corrected chi connectivity index (χ3v) is 5.98. The molecule has 9 heteroatoms. The molecule has 0 saturated carbocycles. The summed E-state index contributed by atoms with van der Waals surface area (Å²) in [4.78, 5) is -0.139. The Labute approximate surface area is 142 Å². The number of halogens is 2. The number of sulfonamides is 1. The van der Waals surface area contributed by atoms with E-state index in [1.807, 2.05) is 6.20 Å². The monoisotopic (exact) mass is 403 g/mol. The van der Waals surface area contributed by atoms with Crippen LogP contribution in [0.25, 0.3) is 0 Å². The SMILES string of the molecule is COc1ccc(F)cc1S(=O)(=O)N1CC(Cn2cc(Br)cn2)C1. The van der Waals surface area contributed by atoms with Crippen LogP contribution in [-0.4, -0.2) is 42.7 Å². The van der Waals surface area contributed by atoms with Gasteiger partial charge in [-0.05, 0) is 34.1 Å². The second-order valence-electron chi connectivity index (χ2n) is 5.36. The van der Waals surface area contributed by atoms with Gasteiger partial charge in [-0.15, -0.1) is 0 Å². The van der Waals surface area contributed by atoms with Crippen molar-refractivity contribution in [3.8, 4) is 5.75 Å². The van der Waals surface area contributed by atoms with Crippen molar-refractivity contribution in [1.82, 2.24) is 14.1 Å². The molecule has 0 radical (unpaired) electrons. The molecule has 0 N–H and O–H groups in total. The van der Waals surface area contributed by atoms with Gasteiger partial charge in [-0.3, -0.25) is 4.68 Å². The molecule has 0 bridgehead atoms. The third kappa shape index (κ3) is 3.26. The van der Waals surface area contributed by atoms with Crippen LogP contribution >= 0.6 is 15.9 Å². The first-order valence-corrected chi connectivity index (χ1v) is 9.15. The van der Waals surface area contributed by atoms with Gasteiger partial charge in [0.05, 0.1) is 17.8 Å². The van der Waals surface area contributed by atoms with Gasteiger partial charge in [0.25, 0.3) is 0 Å². The van der Waals surface area contributed by atoms with E-state index in [0.717, 1.165) is 10.5 Å². The highest BCUT2D eigenvalue weighted by Gasteiger charge is 2.38. The van der Waals surface area contributed by atoms with E-state index in [-0.39, 0.29) is 16.6 Å². The quantitative estimate of drug-likeness (QED) is 0.766. The van der Waals surface area contributed by atoms with Gasteiger partial charge in [0.15, 0.2) is 0 Å². The van der Waals surface area contributed by atoms with Crippen LogP contribution in [0.2, 0.25) is 0 Å². The number of methoxy groups -OCH3 is 1. The number of hydrogen-bond donors (Lipinski definition) is 0.